The van der Waals surface area contributed by atoms with Crippen LogP contribution < -0.4 is 10.2 Å². The number of azide groups is 1. The van der Waals surface area contributed by atoms with E-state index in [0.29, 0.717) is 17.7 Å². The molecule has 0 aliphatic heterocycles. The number of para-hydroxylation sites is 1. The largest absolute Gasteiger partial charge is 0.480 e. The van der Waals surface area contributed by atoms with E-state index in [2.05, 4.69) is 21.3 Å². The van der Waals surface area contributed by atoms with E-state index in [0.717, 1.165) is 0 Å². The molecule has 0 atom stereocenters. The maximum absolute atomic E-state index is 12.5. The van der Waals surface area contributed by atoms with Gasteiger partial charge in [-0.2, -0.15) is 0 Å². The summed E-state index contributed by atoms with van der Waals surface area (Å²) in [4.78, 5) is 38.7. The van der Waals surface area contributed by atoms with Gasteiger partial charge in [0.15, 0.2) is 0 Å². The van der Waals surface area contributed by atoms with Crippen LogP contribution in [0.1, 0.15) is 18.4 Å². The van der Waals surface area contributed by atoms with E-state index in [9.17, 15) is 14.4 Å². The van der Waals surface area contributed by atoms with E-state index in [1.807, 2.05) is 0 Å². The Morgan fingerprint density at radius 1 is 1.36 bits per heavy atom. The number of rotatable bonds is 9. The van der Waals surface area contributed by atoms with Crippen molar-refractivity contribution < 1.29 is 19.5 Å². The zero-order chi connectivity index (χ0) is 18.7. The van der Waals surface area contributed by atoms with Crippen molar-refractivity contribution in [3.63, 3.8) is 0 Å². The number of benzene rings is 1. The summed E-state index contributed by atoms with van der Waals surface area (Å²) in [5, 5.41) is 14.2. The summed E-state index contributed by atoms with van der Waals surface area (Å²) in [6.07, 6.45) is 5.80. The van der Waals surface area contributed by atoms with E-state index in [1.165, 1.54) is 4.90 Å². The Kier molecular flexibility index (Phi) is 8.06. The van der Waals surface area contributed by atoms with Crippen LogP contribution in [0.25, 0.3) is 10.4 Å². The van der Waals surface area contributed by atoms with Crippen LogP contribution in [0.4, 0.5) is 5.69 Å². The lowest BCUT2D eigenvalue weighted by molar-refractivity contribution is -0.137. The van der Waals surface area contributed by atoms with Gasteiger partial charge in [0.2, 0.25) is 11.8 Å². The molecule has 0 aromatic heterocycles. The minimum atomic E-state index is -1.19. The average molecular weight is 343 g/mol. The molecule has 1 rings (SSSR count). The number of hydrogen-bond donors (Lipinski definition) is 2. The molecule has 0 saturated carbocycles. The lowest BCUT2D eigenvalue weighted by Crippen LogP contribution is -2.42. The third-order valence-corrected chi connectivity index (χ3v) is 3.10. The van der Waals surface area contributed by atoms with Gasteiger partial charge in [0.25, 0.3) is 0 Å². The van der Waals surface area contributed by atoms with Crippen molar-refractivity contribution >= 4 is 23.5 Å². The molecule has 0 unspecified atom stereocenters. The molecule has 9 heteroatoms. The van der Waals surface area contributed by atoms with E-state index in [4.69, 9.17) is 17.1 Å². The Balaban J connectivity index is 2.95. The van der Waals surface area contributed by atoms with E-state index < -0.39 is 18.4 Å². The van der Waals surface area contributed by atoms with Gasteiger partial charge < -0.3 is 15.3 Å². The topological polar surface area (TPSA) is 135 Å². The molecule has 0 fully saturated rings. The average Bonchev–Trinajstić information content (AvgIpc) is 2.61. The second kappa shape index (κ2) is 10.3. The fourth-order valence-electron chi connectivity index (χ4n) is 1.99. The van der Waals surface area contributed by atoms with Crippen LogP contribution in [0, 0.1) is 12.3 Å². The first-order valence-corrected chi connectivity index (χ1v) is 7.35. The molecule has 0 spiro atoms. The molecular weight excluding hydrogens is 326 g/mol. The fourth-order valence-corrected chi connectivity index (χ4v) is 1.99. The first-order chi connectivity index (χ1) is 12.0. The van der Waals surface area contributed by atoms with Gasteiger partial charge in [0.1, 0.15) is 13.1 Å². The maximum Gasteiger partial charge on any atom is 0.322 e. The molecule has 0 saturated heterocycles. The second-order valence-corrected chi connectivity index (χ2v) is 4.87. The minimum absolute atomic E-state index is 0.0458. The SMILES string of the molecule is C#Cc1ccccc1N(CC(=O)NCC(=O)O)C(=O)CCCN=[N+]=[N-]. The number of terminal acetylenes is 1. The number of carbonyl (C=O) groups is 3. The van der Waals surface area contributed by atoms with Crippen molar-refractivity contribution in [3.8, 4) is 12.3 Å². The fraction of sp³-hybridized carbons (Fsp3) is 0.312. The summed E-state index contributed by atoms with van der Waals surface area (Å²) >= 11 is 0. The molecule has 1 aromatic carbocycles. The van der Waals surface area contributed by atoms with Gasteiger partial charge in [-0.15, -0.1) is 6.42 Å². The highest BCUT2D eigenvalue weighted by atomic mass is 16.4. The van der Waals surface area contributed by atoms with E-state index in [-0.39, 0.29) is 25.4 Å². The van der Waals surface area contributed by atoms with Crippen LogP contribution >= 0.6 is 0 Å². The van der Waals surface area contributed by atoms with Crippen molar-refractivity contribution in [2.24, 2.45) is 5.11 Å². The molecule has 25 heavy (non-hydrogen) atoms. The smallest absolute Gasteiger partial charge is 0.322 e. The van der Waals surface area contributed by atoms with Crippen LogP contribution in [-0.2, 0) is 14.4 Å². The van der Waals surface area contributed by atoms with Gasteiger partial charge in [-0.05, 0) is 24.1 Å². The first-order valence-electron chi connectivity index (χ1n) is 7.35. The number of amides is 2. The summed E-state index contributed by atoms with van der Waals surface area (Å²) in [7, 11) is 0. The van der Waals surface area contributed by atoms with Crippen LogP contribution in [0.15, 0.2) is 29.4 Å². The van der Waals surface area contributed by atoms with Crippen LogP contribution in [0.2, 0.25) is 0 Å². The Hall–Kier alpha value is -3.50. The molecular formula is C16H17N5O4. The number of carboxylic acids is 1. The van der Waals surface area contributed by atoms with Crippen LogP contribution in [0.5, 0.6) is 0 Å². The molecule has 1 aromatic rings. The standard InChI is InChI=1S/C16H17N5O4/c1-2-12-6-3-4-7-13(12)21(11-14(22)18-10-16(24)25)15(23)8-5-9-19-20-17/h1,3-4,6-7H,5,8-11H2,(H,18,22)(H,24,25). The summed E-state index contributed by atoms with van der Waals surface area (Å²) < 4.78 is 0. The Labute approximate surface area is 144 Å². The molecule has 0 bridgehead atoms. The van der Waals surface area contributed by atoms with Crippen molar-refractivity contribution in [2.75, 3.05) is 24.5 Å². The van der Waals surface area contributed by atoms with Gasteiger partial charge in [-0.1, -0.05) is 23.2 Å². The zero-order valence-electron chi connectivity index (χ0n) is 13.4. The predicted octanol–water partition coefficient (Wildman–Crippen LogP) is 1.29. The normalized spacial score (nSPS) is 9.40. The molecule has 0 heterocycles. The van der Waals surface area contributed by atoms with Crippen molar-refractivity contribution in [2.45, 2.75) is 12.8 Å². The van der Waals surface area contributed by atoms with Gasteiger partial charge in [0.05, 0.1) is 5.69 Å². The van der Waals surface area contributed by atoms with Crippen molar-refractivity contribution in [1.82, 2.24) is 5.32 Å². The summed E-state index contributed by atoms with van der Waals surface area (Å²) in [5.41, 5.74) is 9.06. The van der Waals surface area contributed by atoms with Gasteiger partial charge >= 0.3 is 5.97 Å². The second-order valence-electron chi connectivity index (χ2n) is 4.87. The quantitative estimate of drug-likeness (QED) is 0.229. The Morgan fingerprint density at radius 3 is 2.72 bits per heavy atom. The third kappa shape index (κ3) is 6.64. The lowest BCUT2D eigenvalue weighted by atomic mass is 10.1. The van der Waals surface area contributed by atoms with Crippen molar-refractivity contribution in [3.05, 3.63) is 40.3 Å². The summed E-state index contributed by atoms with van der Waals surface area (Å²) in [5.74, 6) is 0.239. The first kappa shape index (κ1) is 19.5. The highest BCUT2D eigenvalue weighted by Gasteiger charge is 2.21. The summed E-state index contributed by atoms with van der Waals surface area (Å²) in [6.45, 7) is -0.765. The molecule has 130 valence electrons. The number of carboxylic acid groups (broad SMARTS) is 1. The molecule has 9 nitrogen and oxygen atoms in total. The Bertz CT molecular complexity index is 734. The number of aliphatic carboxylic acids is 1. The van der Waals surface area contributed by atoms with Gasteiger partial charge in [-0.3, -0.25) is 14.4 Å². The van der Waals surface area contributed by atoms with Crippen LogP contribution in [-0.4, -0.2) is 42.5 Å². The molecule has 0 aliphatic rings. The van der Waals surface area contributed by atoms with Crippen LogP contribution in [0.3, 0.4) is 0 Å². The highest BCUT2D eigenvalue weighted by molar-refractivity contribution is 6.00. The minimum Gasteiger partial charge on any atom is -0.480 e. The maximum atomic E-state index is 12.5. The van der Waals surface area contributed by atoms with E-state index in [1.54, 1.807) is 24.3 Å². The highest BCUT2D eigenvalue weighted by Crippen LogP contribution is 2.20. The number of hydrogen-bond acceptors (Lipinski definition) is 4. The Morgan fingerprint density at radius 2 is 2.08 bits per heavy atom. The molecule has 2 N–H and O–H groups in total. The van der Waals surface area contributed by atoms with E-state index >= 15 is 0 Å². The van der Waals surface area contributed by atoms with Crippen molar-refractivity contribution in [1.29, 1.82) is 0 Å². The monoisotopic (exact) mass is 343 g/mol. The molecule has 2 amide bonds. The number of carbonyl (C=O) groups excluding carboxylic acids is 2. The number of nitrogens with zero attached hydrogens (tertiary/aromatic N) is 4. The number of anilines is 1. The molecule has 0 radical (unpaired) electrons. The van der Waals surface area contributed by atoms with Gasteiger partial charge in [-0.25, -0.2) is 0 Å². The lowest BCUT2D eigenvalue weighted by Gasteiger charge is -2.23. The zero-order valence-corrected chi connectivity index (χ0v) is 13.4. The van der Waals surface area contributed by atoms with Gasteiger partial charge in [0, 0.05) is 23.4 Å². The summed E-state index contributed by atoms with van der Waals surface area (Å²) in [6, 6.07) is 6.61. The third-order valence-electron chi connectivity index (χ3n) is 3.10. The predicted molar refractivity (Wildman–Crippen MR) is 90.6 cm³/mol. The number of nitrogens with one attached hydrogen (secondary N) is 1. The molecule has 0 aliphatic carbocycles.